The first-order valence-electron chi connectivity index (χ1n) is 6.40. The second-order valence-corrected chi connectivity index (χ2v) is 4.99. The highest BCUT2D eigenvalue weighted by Crippen LogP contribution is 2.08. The van der Waals surface area contributed by atoms with Gasteiger partial charge < -0.3 is 15.7 Å². The highest BCUT2D eigenvalue weighted by atomic mass is 32.1. The number of ketones is 1. The average Bonchev–Trinajstić information content (AvgIpc) is 2.51. The van der Waals surface area contributed by atoms with Gasteiger partial charge in [-0.05, 0) is 6.92 Å². The zero-order valence-corrected chi connectivity index (χ0v) is 12.7. The van der Waals surface area contributed by atoms with E-state index in [4.69, 9.17) is 5.11 Å². The molecule has 1 aromatic carbocycles. The molecule has 0 aliphatic heterocycles. The van der Waals surface area contributed by atoms with Gasteiger partial charge in [0, 0.05) is 5.56 Å². The molecule has 2 amide bonds. The molecule has 7 nitrogen and oxygen atoms in total. The van der Waals surface area contributed by atoms with Crippen molar-refractivity contribution in [3.8, 4) is 0 Å². The Bertz CT molecular complexity index is 576. The van der Waals surface area contributed by atoms with Crippen molar-refractivity contribution in [1.82, 2.24) is 10.6 Å². The third kappa shape index (κ3) is 5.21. The van der Waals surface area contributed by atoms with Crippen LogP contribution in [0.3, 0.4) is 0 Å². The number of rotatable bonds is 7. The summed E-state index contributed by atoms with van der Waals surface area (Å²) in [5.74, 6) is -3.07. The molecule has 0 aliphatic carbocycles. The van der Waals surface area contributed by atoms with E-state index in [1.165, 1.54) is 6.92 Å². The molecule has 1 aromatic rings. The number of thiol groups is 1. The standard InChI is InChI=1S/C14H16N2O5S/c1-8(14(20)21)16-10(17)7-15-13(19)12(22)11(18)9-5-3-2-4-6-9/h2-6,8,12,22H,7H2,1H3,(H,15,19)(H,16,17)(H,20,21)/t8-,12?/m1/s1. The largest absolute Gasteiger partial charge is 0.480 e. The van der Waals surface area contributed by atoms with Crippen molar-refractivity contribution in [1.29, 1.82) is 0 Å². The van der Waals surface area contributed by atoms with E-state index in [1.54, 1.807) is 30.3 Å². The minimum atomic E-state index is -1.24. The molecule has 0 spiro atoms. The molecule has 0 saturated carbocycles. The average molecular weight is 324 g/mol. The smallest absolute Gasteiger partial charge is 0.325 e. The van der Waals surface area contributed by atoms with Crippen LogP contribution in [0.25, 0.3) is 0 Å². The van der Waals surface area contributed by atoms with Gasteiger partial charge in [-0.15, -0.1) is 0 Å². The number of aliphatic carboxylic acids is 1. The molecule has 0 aromatic heterocycles. The summed E-state index contributed by atoms with van der Waals surface area (Å²) in [7, 11) is 0. The molecule has 0 aliphatic rings. The third-order valence-corrected chi connectivity index (χ3v) is 3.20. The van der Waals surface area contributed by atoms with Crippen molar-refractivity contribution in [2.24, 2.45) is 0 Å². The van der Waals surface area contributed by atoms with Gasteiger partial charge in [0.15, 0.2) is 5.78 Å². The summed E-state index contributed by atoms with van der Waals surface area (Å²) in [6.45, 7) is 0.859. The Morgan fingerprint density at radius 3 is 2.32 bits per heavy atom. The summed E-state index contributed by atoms with van der Waals surface area (Å²) in [5, 5.41) is 11.8. The molecule has 8 heteroatoms. The van der Waals surface area contributed by atoms with Gasteiger partial charge in [0.05, 0.1) is 6.54 Å². The maximum absolute atomic E-state index is 12.0. The van der Waals surface area contributed by atoms with Crippen molar-refractivity contribution >= 4 is 36.2 Å². The molecule has 0 heterocycles. The Kier molecular flexibility index (Phi) is 6.58. The van der Waals surface area contributed by atoms with Crippen LogP contribution >= 0.6 is 12.6 Å². The van der Waals surface area contributed by atoms with Crippen LogP contribution in [0.1, 0.15) is 17.3 Å². The van der Waals surface area contributed by atoms with E-state index in [0.717, 1.165) is 0 Å². The Hall–Kier alpha value is -2.35. The maximum atomic E-state index is 12.0. The van der Waals surface area contributed by atoms with Crippen LogP contribution in [0.2, 0.25) is 0 Å². The van der Waals surface area contributed by atoms with Crippen molar-refractivity contribution in [3.63, 3.8) is 0 Å². The molecule has 0 fully saturated rings. The van der Waals surface area contributed by atoms with E-state index >= 15 is 0 Å². The first-order valence-corrected chi connectivity index (χ1v) is 6.91. The minimum Gasteiger partial charge on any atom is -0.480 e. The van der Waals surface area contributed by atoms with E-state index in [9.17, 15) is 19.2 Å². The minimum absolute atomic E-state index is 0.335. The topological polar surface area (TPSA) is 113 Å². The second-order valence-electron chi connectivity index (χ2n) is 4.48. The van der Waals surface area contributed by atoms with E-state index < -0.39 is 41.4 Å². The van der Waals surface area contributed by atoms with Gasteiger partial charge in [-0.1, -0.05) is 30.3 Å². The maximum Gasteiger partial charge on any atom is 0.325 e. The van der Waals surface area contributed by atoms with Gasteiger partial charge in [-0.3, -0.25) is 19.2 Å². The summed E-state index contributed by atoms with van der Waals surface area (Å²) in [6.07, 6.45) is 0. The lowest BCUT2D eigenvalue weighted by atomic mass is 10.1. The number of carbonyl (C=O) groups is 4. The third-order valence-electron chi connectivity index (χ3n) is 2.73. The van der Waals surface area contributed by atoms with E-state index in [2.05, 4.69) is 23.3 Å². The van der Waals surface area contributed by atoms with Gasteiger partial charge >= 0.3 is 5.97 Å². The molecule has 0 saturated heterocycles. The highest BCUT2D eigenvalue weighted by Gasteiger charge is 2.24. The number of carboxylic acids is 1. The number of carboxylic acid groups (broad SMARTS) is 1. The van der Waals surface area contributed by atoms with Crippen LogP contribution in [0.5, 0.6) is 0 Å². The normalized spacial score (nSPS) is 12.8. The van der Waals surface area contributed by atoms with Gasteiger partial charge in [-0.25, -0.2) is 0 Å². The molecule has 3 N–H and O–H groups in total. The fourth-order valence-corrected chi connectivity index (χ4v) is 1.74. The molecule has 2 atom stereocenters. The molecule has 1 rings (SSSR count). The van der Waals surface area contributed by atoms with Crippen LogP contribution in [0.4, 0.5) is 0 Å². The molecule has 0 radical (unpaired) electrons. The molecule has 1 unspecified atom stereocenters. The monoisotopic (exact) mass is 324 g/mol. The first kappa shape index (κ1) is 17.7. The van der Waals surface area contributed by atoms with Gasteiger partial charge in [-0.2, -0.15) is 12.6 Å². The number of Topliss-reactive ketones (excluding diaryl/α,β-unsaturated/α-hetero) is 1. The SMILES string of the molecule is C[C@@H](NC(=O)CNC(=O)C(S)C(=O)c1ccccc1)C(=O)O. The summed E-state index contributed by atoms with van der Waals surface area (Å²) in [4.78, 5) is 45.8. The molecular weight excluding hydrogens is 308 g/mol. The summed E-state index contributed by atoms with van der Waals surface area (Å²) < 4.78 is 0. The molecule has 0 bridgehead atoms. The summed E-state index contributed by atoms with van der Waals surface area (Å²) >= 11 is 3.95. The van der Waals surface area contributed by atoms with Crippen LogP contribution in [-0.4, -0.2) is 46.5 Å². The summed E-state index contributed by atoms with van der Waals surface area (Å²) in [6, 6.07) is 7.10. The van der Waals surface area contributed by atoms with Crippen molar-refractivity contribution in [3.05, 3.63) is 35.9 Å². The molecule has 22 heavy (non-hydrogen) atoms. The quantitative estimate of drug-likeness (QED) is 0.317. The Balaban J connectivity index is 2.50. The number of carbonyl (C=O) groups excluding carboxylic acids is 3. The van der Waals surface area contributed by atoms with Crippen LogP contribution in [-0.2, 0) is 14.4 Å². The number of benzene rings is 1. The Morgan fingerprint density at radius 1 is 1.18 bits per heavy atom. The molecule has 118 valence electrons. The summed E-state index contributed by atoms with van der Waals surface area (Å²) in [5.41, 5.74) is 0.335. The van der Waals surface area contributed by atoms with Crippen LogP contribution in [0.15, 0.2) is 30.3 Å². The zero-order chi connectivity index (χ0) is 16.7. The first-order chi connectivity index (χ1) is 10.3. The fourth-order valence-electron chi connectivity index (χ4n) is 1.50. The van der Waals surface area contributed by atoms with Gasteiger partial charge in [0.25, 0.3) is 0 Å². The number of amides is 2. The zero-order valence-electron chi connectivity index (χ0n) is 11.8. The Labute approximate surface area is 132 Å². The fraction of sp³-hybridized carbons (Fsp3) is 0.286. The van der Waals surface area contributed by atoms with E-state index in [-0.39, 0.29) is 0 Å². The Morgan fingerprint density at radius 2 is 1.77 bits per heavy atom. The van der Waals surface area contributed by atoms with Crippen LogP contribution in [0, 0.1) is 0 Å². The molecular formula is C14H16N2O5S. The predicted octanol–water partition coefficient (Wildman–Crippen LogP) is -0.127. The highest BCUT2D eigenvalue weighted by molar-refractivity contribution is 7.82. The lowest BCUT2D eigenvalue weighted by molar-refractivity contribution is -0.141. The van der Waals surface area contributed by atoms with Crippen LogP contribution < -0.4 is 10.6 Å². The number of hydrogen-bond acceptors (Lipinski definition) is 5. The van der Waals surface area contributed by atoms with Crippen molar-refractivity contribution < 1.29 is 24.3 Å². The van der Waals surface area contributed by atoms with Crippen molar-refractivity contribution in [2.45, 2.75) is 18.2 Å². The lowest BCUT2D eigenvalue weighted by Crippen LogP contribution is -2.46. The van der Waals surface area contributed by atoms with E-state index in [0.29, 0.717) is 5.56 Å². The predicted molar refractivity (Wildman–Crippen MR) is 81.8 cm³/mol. The number of hydrogen-bond donors (Lipinski definition) is 4. The van der Waals surface area contributed by atoms with E-state index in [1.807, 2.05) is 0 Å². The lowest BCUT2D eigenvalue weighted by Gasteiger charge is -2.12. The van der Waals surface area contributed by atoms with Gasteiger partial charge in [0.1, 0.15) is 11.3 Å². The number of nitrogens with one attached hydrogen (secondary N) is 2. The van der Waals surface area contributed by atoms with Crippen molar-refractivity contribution in [2.75, 3.05) is 6.54 Å². The second kappa shape index (κ2) is 8.18. The van der Waals surface area contributed by atoms with Gasteiger partial charge in [0.2, 0.25) is 11.8 Å².